The summed E-state index contributed by atoms with van der Waals surface area (Å²) in [7, 11) is 1.73. The monoisotopic (exact) mass is 410 g/mol. The number of aliphatic imine (C=N–C) groups is 1. The Bertz CT molecular complexity index is 540. The van der Waals surface area contributed by atoms with Crippen molar-refractivity contribution in [3.05, 3.63) is 0 Å². The minimum atomic E-state index is -0.385. The third-order valence-electron chi connectivity index (χ3n) is 5.55. The Morgan fingerprint density at radius 3 is 2.21 bits per heavy atom. The SMILES string of the molecule is CCCCCCCCCN1C(SCCCCCC)=NC2C1C(=O)NC(=O)N2C. The van der Waals surface area contributed by atoms with Gasteiger partial charge in [0, 0.05) is 19.3 Å². The van der Waals surface area contributed by atoms with Crippen molar-refractivity contribution in [3.63, 3.8) is 0 Å². The Labute approximate surface area is 174 Å². The average Bonchev–Trinajstić information content (AvgIpc) is 3.04. The van der Waals surface area contributed by atoms with Crippen molar-refractivity contribution >= 4 is 28.9 Å². The second kappa shape index (κ2) is 12.3. The largest absolute Gasteiger partial charge is 0.336 e. The van der Waals surface area contributed by atoms with Crippen LogP contribution in [0.3, 0.4) is 0 Å². The highest BCUT2D eigenvalue weighted by Gasteiger charge is 2.48. The van der Waals surface area contributed by atoms with Crippen LogP contribution in [-0.4, -0.2) is 58.5 Å². The smallest absolute Gasteiger partial charge is 0.325 e. The molecule has 160 valence electrons. The third kappa shape index (κ3) is 6.39. The Morgan fingerprint density at radius 1 is 0.929 bits per heavy atom. The van der Waals surface area contributed by atoms with E-state index in [9.17, 15) is 9.59 Å². The predicted octanol–water partition coefficient (Wildman–Crippen LogP) is 4.60. The van der Waals surface area contributed by atoms with E-state index in [1.165, 1.54) is 64.2 Å². The van der Waals surface area contributed by atoms with Gasteiger partial charge in [0.15, 0.2) is 17.4 Å². The summed E-state index contributed by atoms with van der Waals surface area (Å²) in [4.78, 5) is 33.0. The van der Waals surface area contributed by atoms with Crippen molar-refractivity contribution in [2.75, 3.05) is 19.3 Å². The molecule has 2 heterocycles. The average molecular weight is 411 g/mol. The summed E-state index contributed by atoms with van der Waals surface area (Å²) < 4.78 is 0. The minimum Gasteiger partial charge on any atom is -0.336 e. The zero-order valence-electron chi connectivity index (χ0n) is 17.9. The molecule has 2 rings (SSSR count). The molecule has 0 bridgehead atoms. The van der Waals surface area contributed by atoms with Crippen LogP contribution < -0.4 is 5.32 Å². The molecule has 1 N–H and O–H groups in total. The lowest BCUT2D eigenvalue weighted by Crippen LogP contribution is -2.63. The number of carbonyl (C=O) groups excluding carboxylic acids is 2. The van der Waals surface area contributed by atoms with Crippen molar-refractivity contribution in [3.8, 4) is 0 Å². The van der Waals surface area contributed by atoms with Crippen molar-refractivity contribution < 1.29 is 9.59 Å². The van der Waals surface area contributed by atoms with E-state index in [1.807, 2.05) is 0 Å². The van der Waals surface area contributed by atoms with Crippen molar-refractivity contribution in [2.45, 2.75) is 96.7 Å². The maximum absolute atomic E-state index is 12.5. The number of hydrogen-bond donors (Lipinski definition) is 1. The van der Waals surface area contributed by atoms with Gasteiger partial charge in [0.25, 0.3) is 5.91 Å². The molecule has 2 aliphatic heterocycles. The molecule has 1 fully saturated rings. The molecule has 0 aromatic carbocycles. The van der Waals surface area contributed by atoms with Crippen LogP contribution in [0, 0.1) is 0 Å². The van der Waals surface area contributed by atoms with Gasteiger partial charge in [-0.3, -0.25) is 10.1 Å². The molecular formula is C21H38N4O2S. The minimum absolute atomic E-state index is 0.207. The number of thioether (sulfide) groups is 1. The molecule has 0 spiro atoms. The fourth-order valence-corrected chi connectivity index (χ4v) is 4.87. The number of amidine groups is 1. The number of carbonyl (C=O) groups is 2. The first-order chi connectivity index (χ1) is 13.6. The molecule has 1 saturated heterocycles. The summed E-state index contributed by atoms with van der Waals surface area (Å²) >= 11 is 1.75. The highest BCUT2D eigenvalue weighted by atomic mass is 32.2. The van der Waals surface area contributed by atoms with E-state index in [-0.39, 0.29) is 24.1 Å². The molecule has 7 heteroatoms. The van der Waals surface area contributed by atoms with Crippen LogP contribution in [0.25, 0.3) is 0 Å². The lowest BCUT2D eigenvalue weighted by atomic mass is 10.1. The molecule has 3 amide bonds. The first kappa shape index (κ1) is 23.0. The third-order valence-corrected chi connectivity index (χ3v) is 6.65. The van der Waals surface area contributed by atoms with Gasteiger partial charge in [0.2, 0.25) is 0 Å². The highest BCUT2D eigenvalue weighted by molar-refractivity contribution is 8.13. The van der Waals surface area contributed by atoms with Gasteiger partial charge >= 0.3 is 6.03 Å². The summed E-state index contributed by atoms with van der Waals surface area (Å²) in [6, 6.07) is -0.721. The molecule has 0 aliphatic carbocycles. The molecule has 0 aromatic rings. The van der Waals surface area contributed by atoms with Crippen LogP contribution in [0.15, 0.2) is 4.99 Å². The normalized spacial score (nSPS) is 21.8. The van der Waals surface area contributed by atoms with Gasteiger partial charge in [-0.1, -0.05) is 83.4 Å². The zero-order valence-corrected chi connectivity index (χ0v) is 18.7. The summed E-state index contributed by atoms with van der Waals surface area (Å²) in [5, 5.41) is 3.42. The predicted molar refractivity (Wildman–Crippen MR) is 118 cm³/mol. The van der Waals surface area contributed by atoms with E-state index < -0.39 is 0 Å². The second-order valence-electron chi connectivity index (χ2n) is 7.90. The number of nitrogens with zero attached hydrogens (tertiary/aromatic N) is 3. The van der Waals surface area contributed by atoms with Crippen molar-refractivity contribution in [1.29, 1.82) is 0 Å². The number of nitrogens with one attached hydrogen (secondary N) is 1. The zero-order chi connectivity index (χ0) is 20.4. The summed E-state index contributed by atoms with van der Waals surface area (Å²) in [6.07, 6.45) is 13.2. The molecule has 28 heavy (non-hydrogen) atoms. The molecule has 0 saturated carbocycles. The molecular weight excluding hydrogens is 372 g/mol. The molecule has 6 nitrogen and oxygen atoms in total. The number of rotatable bonds is 13. The molecule has 2 aliphatic rings. The Balaban J connectivity index is 1.90. The van der Waals surface area contributed by atoms with Crippen LogP contribution in [0.5, 0.6) is 0 Å². The summed E-state index contributed by atoms with van der Waals surface area (Å²) in [5.41, 5.74) is 0. The Morgan fingerprint density at radius 2 is 1.54 bits per heavy atom. The number of likely N-dealkylation sites (N-methyl/N-ethyl adjacent to an activating group) is 1. The van der Waals surface area contributed by atoms with Crippen LogP contribution in [-0.2, 0) is 4.79 Å². The highest BCUT2D eigenvalue weighted by Crippen LogP contribution is 2.29. The fraction of sp³-hybridized carbons (Fsp3) is 0.857. The van der Waals surface area contributed by atoms with E-state index in [2.05, 4.69) is 24.1 Å². The molecule has 0 aromatic heterocycles. The van der Waals surface area contributed by atoms with Gasteiger partial charge in [0.05, 0.1) is 0 Å². The number of urea groups is 1. The number of amides is 3. The van der Waals surface area contributed by atoms with Gasteiger partial charge in [-0.15, -0.1) is 0 Å². The quantitative estimate of drug-likeness (QED) is 0.451. The van der Waals surface area contributed by atoms with Gasteiger partial charge in [-0.25, -0.2) is 9.79 Å². The van der Waals surface area contributed by atoms with Crippen molar-refractivity contribution in [1.82, 2.24) is 15.1 Å². The van der Waals surface area contributed by atoms with E-state index >= 15 is 0 Å². The Kier molecular flexibility index (Phi) is 10.2. The summed E-state index contributed by atoms with van der Waals surface area (Å²) in [6.45, 7) is 5.29. The van der Waals surface area contributed by atoms with Crippen molar-refractivity contribution in [2.24, 2.45) is 4.99 Å². The van der Waals surface area contributed by atoms with Crippen LogP contribution in [0.2, 0.25) is 0 Å². The fourth-order valence-electron chi connectivity index (χ4n) is 3.79. The Hall–Kier alpha value is -1.24. The van der Waals surface area contributed by atoms with Crippen LogP contribution >= 0.6 is 11.8 Å². The standard InChI is InChI=1S/C21H38N4O2S/c1-4-6-8-10-11-12-13-15-25-17-18(24(3)20(27)23-19(17)26)22-21(25)28-16-14-9-7-5-2/h17-18H,4-16H2,1-3H3,(H,23,26,27). The van der Waals surface area contributed by atoms with Crippen LogP contribution in [0.1, 0.15) is 84.5 Å². The second-order valence-corrected chi connectivity index (χ2v) is 8.96. The van der Waals surface area contributed by atoms with Gasteiger partial charge in [0.1, 0.15) is 0 Å². The van der Waals surface area contributed by atoms with Crippen LogP contribution in [0.4, 0.5) is 4.79 Å². The topological polar surface area (TPSA) is 65.0 Å². The first-order valence-electron chi connectivity index (χ1n) is 11.1. The lowest BCUT2D eigenvalue weighted by molar-refractivity contribution is -0.127. The van der Waals surface area contributed by atoms with E-state index in [1.54, 1.807) is 23.7 Å². The number of imide groups is 1. The van der Waals surface area contributed by atoms with E-state index in [0.717, 1.165) is 23.9 Å². The summed E-state index contributed by atoms with van der Waals surface area (Å²) in [5.74, 6) is 0.812. The van der Waals surface area contributed by atoms with Gasteiger partial charge in [-0.2, -0.15) is 0 Å². The molecule has 2 unspecified atom stereocenters. The molecule has 0 radical (unpaired) electrons. The van der Waals surface area contributed by atoms with Gasteiger partial charge < -0.3 is 9.80 Å². The number of fused-ring (bicyclic) bond motifs is 1. The van der Waals surface area contributed by atoms with Gasteiger partial charge in [-0.05, 0) is 12.8 Å². The lowest BCUT2D eigenvalue weighted by Gasteiger charge is -2.36. The first-order valence-corrected chi connectivity index (χ1v) is 12.1. The number of hydrogen-bond acceptors (Lipinski definition) is 5. The molecule has 2 atom stereocenters. The maximum Gasteiger partial charge on any atom is 0.325 e. The van der Waals surface area contributed by atoms with E-state index in [4.69, 9.17) is 4.99 Å². The number of unbranched alkanes of at least 4 members (excludes halogenated alkanes) is 9. The maximum atomic E-state index is 12.5. The van der Waals surface area contributed by atoms with E-state index in [0.29, 0.717) is 0 Å².